The predicted octanol–water partition coefficient (Wildman–Crippen LogP) is 5.33. The maximum absolute atomic E-state index is 14.3. The fourth-order valence-electron chi connectivity index (χ4n) is 3.46. The molecule has 37 heavy (non-hydrogen) atoms. The molecule has 0 fully saturated rings. The molecule has 0 aliphatic rings. The average Bonchev–Trinajstić information content (AvgIpc) is 3.30. The lowest BCUT2D eigenvalue weighted by Crippen LogP contribution is -2.29. The van der Waals surface area contributed by atoms with Crippen molar-refractivity contribution >= 4 is 0 Å². The van der Waals surface area contributed by atoms with Gasteiger partial charge in [0.1, 0.15) is 23.3 Å². The summed E-state index contributed by atoms with van der Waals surface area (Å²) in [5.74, 6) is -2.13. The fourth-order valence-corrected chi connectivity index (χ4v) is 3.46. The first kappa shape index (κ1) is 25.5. The molecule has 3 heterocycles. The van der Waals surface area contributed by atoms with E-state index in [9.17, 15) is 45.2 Å². The van der Waals surface area contributed by atoms with E-state index in [1.807, 2.05) is 0 Å². The van der Waals surface area contributed by atoms with Gasteiger partial charge in [-0.25, -0.2) is 18.4 Å². The van der Waals surface area contributed by atoms with E-state index in [1.54, 1.807) is 0 Å². The highest BCUT2D eigenvalue weighted by molar-refractivity contribution is 5.61. The second-order valence-corrected chi connectivity index (χ2v) is 7.63. The van der Waals surface area contributed by atoms with Gasteiger partial charge in [0, 0.05) is 29.6 Å². The molecule has 4 aromatic rings. The van der Waals surface area contributed by atoms with Crippen LogP contribution in [0.1, 0.15) is 22.3 Å². The van der Waals surface area contributed by atoms with E-state index < -0.39 is 58.5 Å². The van der Waals surface area contributed by atoms with Crippen molar-refractivity contribution in [3.05, 3.63) is 99.2 Å². The summed E-state index contributed by atoms with van der Waals surface area (Å²) < 4.78 is 109. The van der Waals surface area contributed by atoms with E-state index in [0.717, 1.165) is 41.3 Å². The number of pyridine rings is 2. The van der Waals surface area contributed by atoms with Crippen molar-refractivity contribution in [1.29, 1.82) is 5.26 Å². The average molecular weight is 525 g/mol. The molecule has 0 atom stereocenters. The van der Waals surface area contributed by atoms with Crippen molar-refractivity contribution in [2.24, 2.45) is 0 Å². The number of aromatic nitrogens is 4. The molecule has 0 radical (unpaired) electrons. The third-order valence-electron chi connectivity index (χ3n) is 5.25. The van der Waals surface area contributed by atoms with Gasteiger partial charge in [-0.15, -0.1) is 0 Å². The van der Waals surface area contributed by atoms with Crippen LogP contribution in [0.4, 0.5) is 35.1 Å². The number of nitrogens with zero attached hydrogens (tertiary/aromatic N) is 5. The van der Waals surface area contributed by atoms with Crippen molar-refractivity contribution in [3.8, 4) is 23.1 Å². The fraction of sp³-hybridized carbons (Fsp3) is 0.130. The minimum atomic E-state index is -5.11. The monoisotopic (exact) mass is 525 g/mol. The Balaban J connectivity index is 1.88. The first-order valence-electron chi connectivity index (χ1n) is 10.1. The summed E-state index contributed by atoms with van der Waals surface area (Å²) in [6.07, 6.45) is -7.12. The largest absolute Gasteiger partial charge is 0.417 e. The highest BCUT2D eigenvalue weighted by Crippen LogP contribution is 2.34. The number of alkyl halides is 6. The minimum Gasteiger partial charge on any atom is -0.302 e. The second-order valence-electron chi connectivity index (χ2n) is 7.63. The van der Waals surface area contributed by atoms with Crippen LogP contribution in [0.3, 0.4) is 0 Å². The SMILES string of the molecule is N#Cc1c(C(F)(F)F)cc(-c2cnn(-c3ccc(C(F)(F)F)cn3)c2)n(Cc2ccc(F)cc2F)c1=O. The van der Waals surface area contributed by atoms with Crippen molar-refractivity contribution in [3.63, 3.8) is 0 Å². The van der Waals surface area contributed by atoms with Gasteiger partial charge >= 0.3 is 12.4 Å². The lowest BCUT2D eigenvalue weighted by atomic mass is 10.1. The quantitative estimate of drug-likeness (QED) is 0.338. The molecule has 0 spiro atoms. The molecule has 1 aromatic carbocycles. The molecule has 0 bridgehead atoms. The van der Waals surface area contributed by atoms with Crippen LogP contribution in [0, 0.1) is 23.0 Å². The smallest absolute Gasteiger partial charge is 0.302 e. The van der Waals surface area contributed by atoms with Gasteiger partial charge in [0.15, 0.2) is 5.82 Å². The molecule has 4 rings (SSSR count). The maximum Gasteiger partial charge on any atom is 0.417 e. The van der Waals surface area contributed by atoms with Gasteiger partial charge in [0.25, 0.3) is 5.56 Å². The Morgan fingerprint density at radius 3 is 2.24 bits per heavy atom. The summed E-state index contributed by atoms with van der Waals surface area (Å²) in [7, 11) is 0. The first-order chi connectivity index (χ1) is 17.3. The van der Waals surface area contributed by atoms with Gasteiger partial charge in [-0.1, -0.05) is 6.07 Å². The third-order valence-corrected chi connectivity index (χ3v) is 5.25. The van der Waals surface area contributed by atoms with Gasteiger partial charge in [0.2, 0.25) is 0 Å². The zero-order valence-corrected chi connectivity index (χ0v) is 18.1. The zero-order valence-electron chi connectivity index (χ0n) is 18.1. The van der Waals surface area contributed by atoms with E-state index in [4.69, 9.17) is 0 Å². The molecular weight excluding hydrogens is 514 g/mol. The van der Waals surface area contributed by atoms with Crippen molar-refractivity contribution < 1.29 is 35.1 Å². The van der Waals surface area contributed by atoms with Crippen LogP contribution in [-0.2, 0) is 18.9 Å². The number of rotatable bonds is 4. The molecular formula is C23H11F8N5O. The first-order valence-corrected chi connectivity index (χ1v) is 10.1. The predicted molar refractivity (Wildman–Crippen MR) is 111 cm³/mol. The van der Waals surface area contributed by atoms with Crippen LogP contribution in [0.15, 0.2) is 59.8 Å². The van der Waals surface area contributed by atoms with E-state index in [2.05, 4.69) is 10.1 Å². The summed E-state index contributed by atoms with van der Waals surface area (Å²) >= 11 is 0. The number of hydrogen-bond donors (Lipinski definition) is 0. The van der Waals surface area contributed by atoms with E-state index in [0.29, 0.717) is 22.9 Å². The number of benzene rings is 1. The lowest BCUT2D eigenvalue weighted by Gasteiger charge is -2.17. The molecule has 190 valence electrons. The molecule has 0 aliphatic carbocycles. The van der Waals surface area contributed by atoms with Crippen molar-refractivity contribution in [2.45, 2.75) is 18.9 Å². The molecule has 0 saturated carbocycles. The summed E-state index contributed by atoms with van der Waals surface area (Å²) in [4.78, 5) is 16.6. The molecule has 14 heteroatoms. The van der Waals surface area contributed by atoms with Crippen LogP contribution in [0.25, 0.3) is 17.1 Å². The Hall–Kier alpha value is -4.54. The van der Waals surface area contributed by atoms with Crippen LogP contribution in [0.5, 0.6) is 0 Å². The number of hydrogen-bond acceptors (Lipinski definition) is 4. The zero-order chi connectivity index (χ0) is 27.1. The maximum atomic E-state index is 14.3. The molecule has 0 unspecified atom stereocenters. The number of halogens is 8. The Kier molecular flexibility index (Phi) is 6.32. The minimum absolute atomic E-state index is 0.123. The molecule has 3 aromatic heterocycles. The van der Waals surface area contributed by atoms with Gasteiger partial charge in [-0.2, -0.15) is 36.7 Å². The summed E-state index contributed by atoms with van der Waals surface area (Å²) in [6, 6.07) is 5.80. The van der Waals surface area contributed by atoms with Crippen LogP contribution in [-0.4, -0.2) is 19.3 Å². The van der Waals surface area contributed by atoms with Crippen LogP contribution in [0.2, 0.25) is 0 Å². The molecule has 6 nitrogen and oxygen atoms in total. The Morgan fingerprint density at radius 1 is 0.946 bits per heavy atom. The number of nitriles is 1. The molecule has 0 amide bonds. The van der Waals surface area contributed by atoms with Crippen molar-refractivity contribution in [1.82, 2.24) is 19.3 Å². The van der Waals surface area contributed by atoms with Gasteiger partial charge < -0.3 is 4.57 Å². The second kappa shape index (κ2) is 9.16. The Bertz CT molecular complexity index is 1580. The highest BCUT2D eigenvalue weighted by atomic mass is 19.4. The standard InChI is InChI=1S/C23H11F8N5O/c24-15-3-1-12(18(25)5-15)10-35-19(6-17(23(29,30)31)16(7-32)21(35)37)13-8-34-36(11-13)20-4-2-14(9-33-20)22(26,27)28/h1-6,8-9,11H,10H2. The van der Waals surface area contributed by atoms with Crippen LogP contribution < -0.4 is 5.56 Å². The van der Waals surface area contributed by atoms with E-state index in [1.165, 1.54) is 6.07 Å². The lowest BCUT2D eigenvalue weighted by molar-refractivity contribution is -0.138. The summed E-state index contributed by atoms with van der Waals surface area (Å²) in [6.45, 7) is -0.670. The van der Waals surface area contributed by atoms with E-state index in [-0.39, 0.29) is 16.9 Å². The topological polar surface area (TPSA) is 76.5 Å². The Morgan fingerprint density at radius 2 is 1.68 bits per heavy atom. The van der Waals surface area contributed by atoms with E-state index >= 15 is 0 Å². The highest BCUT2D eigenvalue weighted by Gasteiger charge is 2.37. The van der Waals surface area contributed by atoms with Gasteiger partial charge in [-0.3, -0.25) is 4.79 Å². The summed E-state index contributed by atoms with van der Waals surface area (Å²) in [5, 5.41) is 13.1. The summed E-state index contributed by atoms with van der Waals surface area (Å²) in [5.41, 5.74) is -6.04. The van der Waals surface area contributed by atoms with Gasteiger partial charge in [-0.05, 0) is 24.3 Å². The van der Waals surface area contributed by atoms with Gasteiger partial charge in [0.05, 0.1) is 29.6 Å². The molecule has 0 N–H and O–H groups in total. The Labute approximate surface area is 201 Å². The van der Waals surface area contributed by atoms with Crippen LogP contribution >= 0.6 is 0 Å². The normalized spacial score (nSPS) is 12.0. The van der Waals surface area contributed by atoms with Crippen molar-refractivity contribution in [2.75, 3.05) is 0 Å². The molecule has 0 saturated heterocycles. The molecule has 0 aliphatic heterocycles. The third kappa shape index (κ3) is 5.06.